The van der Waals surface area contributed by atoms with Crippen LogP contribution >= 0.6 is 12.6 Å². The van der Waals surface area contributed by atoms with Gasteiger partial charge in [0.15, 0.2) is 0 Å². The molecule has 1 atom stereocenters. The molecule has 2 fully saturated rings. The van der Waals surface area contributed by atoms with Gasteiger partial charge >= 0.3 is 0 Å². The van der Waals surface area contributed by atoms with Gasteiger partial charge in [-0.05, 0) is 44.5 Å². The van der Waals surface area contributed by atoms with Crippen molar-refractivity contribution in [2.45, 2.75) is 44.6 Å². The zero-order valence-corrected chi connectivity index (χ0v) is 11.3. The standard InChI is InChI=1S/C13H26N2S/c16-11-4-2-1-3-7-14-9-10-15-8-5-6-13(15)12-14/h13,16H,1-12H2. The van der Waals surface area contributed by atoms with E-state index in [0.29, 0.717) is 0 Å². The summed E-state index contributed by atoms with van der Waals surface area (Å²) in [6.07, 6.45) is 8.31. The lowest BCUT2D eigenvalue weighted by Crippen LogP contribution is -2.50. The summed E-state index contributed by atoms with van der Waals surface area (Å²) < 4.78 is 0. The molecule has 0 N–H and O–H groups in total. The molecule has 2 saturated heterocycles. The van der Waals surface area contributed by atoms with Gasteiger partial charge in [0.05, 0.1) is 0 Å². The minimum Gasteiger partial charge on any atom is -0.301 e. The van der Waals surface area contributed by atoms with Gasteiger partial charge in [-0.25, -0.2) is 0 Å². The molecule has 2 heterocycles. The van der Waals surface area contributed by atoms with Gasteiger partial charge in [-0.15, -0.1) is 0 Å². The Balaban J connectivity index is 1.56. The molecule has 1 unspecified atom stereocenters. The van der Waals surface area contributed by atoms with E-state index in [1.165, 1.54) is 71.2 Å². The molecule has 0 radical (unpaired) electrons. The normalized spacial score (nSPS) is 27.2. The maximum Gasteiger partial charge on any atom is 0.0224 e. The average Bonchev–Trinajstić information content (AvgIpc) is 2.76. The first-order valence-electron chi connectivity index (χ1n) is 6.97. The monoisotopic (exact) mass is 242 g/mol. The van der Waals surface area contributed by atoms with Crippen LogP contribution in [0.15, 0.2) is 0 Å². The third-order valence-corrected chi connectivity index (χ3v) is 4.37. The van der Waals surface area contributed by atoms with Gasteiger partial charge in [-0.3, -0.25) is 4.90 Å². The van der Waals surface area contributed by atoms with Crippen LogP contribution in [0.3, 0.4) is 0 Å². The summed E-state index contributed by atoms with van der Waals surface area (Å²) >= 11 is 4.25. The molecule has 94 valence electrons. The Kier molecular flexibility index (Phi) is 5.46. The minimum absolute atomic E-state index is 0.895. The van der Waals surface area contributed by atoms with E-state index in [1.807, 2.05) is 0 Å². The second-order valence-corrected chi connectivity index (χ2v) is 5.72. The molecule has 2 aliphatic rings. The van der Waals surface area contributed by atoms with Crippen LogP contribution in [0.5, 0.6) is 0 Å². The van der Waals surface area contributed by atoms with Crippen LogP contribution in [0, 0.1) is 0 Å². The quantitative estimate of drug-likeness (QED) is 0.564. The Bertz CT molecular complexity index is 198. The number of nitrogens with zero attached hydrogens (tertiary/aromatic N) is 2. The first kappa shape index (κ1) is 12.7. The number of rotatable bonds is 6. The summed E-state index contributed by atoms with van der Waals surface area (Å²) in [4.78, 5) is 5.38. The molecule has 16 heavy (non-hydrogen) atoms. The third kappa shape index (κ3) is 3.64. The maximum atomic E-state index is 4.25. The SMILES string of the molecule is SCCCCCCN1CCN2CCCC2C1. The molecule has 0 aromatic rings. The Morgan fingerprint density at radius 1 is 1.00 bits per heavy atom. The summed E-state index contributed by atoms with van der Waals surface area (Å²) in [6.45, 7) is 6.66. The minimum atomic E-state index is 0.895. The van der Waals surface area contributed by atoms with Crippen LogP contribution in [0.2, 0.25) is 0 Å². The topological polar surface area (TPSA) is 6.48 Å². The van der Waals surface area contributed by atoms with Gasteiger partial charge in [0.1, 0.15) is 0 Å². The molecule has 0 aromatic carbocycles. The maximum absolute atomic E-state index is 4.25. The van der Waals surface area contributed by atoms with Crippen molar-refractivity contribution >= 4 is 12.6 Å². The number of hydrogen-bond donors (Lipinski definition) is 1. The molecular weight excluding hydrogens is 216 g/mol. The van der Waals surface area contributed by atoms with Gasteiger partial charge in [0.2, 0.25) is 0 Å². The van der Waals surface area contributed by atoms with Crippen molar-refractivity contribution < 1.29 is 0 Å². The van der Waals surface area contributed by atoms with E-state index in [4.69, 9.17) is 0 Å². The zero-order chi connectivity index (χ0) is 11.2. The molecular formula is C13H26N2S. The summed E-state index contributed by atoms with van der Waals surface area (Å²) in [5.41, 5.74) is 0. The van der Waals surface area contributed by atoms with E-state index in [0.717, 1.165) is 11.8 Å². The van der Waals surface area contributed by atoms with Crippen LogP contribution < -0.4 is 0 Å². The van der Waals surface area contributed by atoms with Crippen molar-refractivity contribution in [3.63, 3.8) is 0 Å². The Morgan fingerprint density at radius 2 is 1.88 bits per heavy atom. The van der Waals surface area contributed by atoms with E-state index in [9.17, 15) is 0 Å². The second kappa shape index (κ2) is 6.87. The highest BCUT2D eigenvalue weighted by Crippen LogP contribution is 2.21. The predicted molar refractivity (Wildman–Crippen MR) is 73.4 cm³/mol. The van der Waals surface area contributed by atoms with E-state index in [2.05, 4.69) is 22.4 Å². The molecule has 0 amide bonds. The fourth-order valence-electron chi connectivity index (χ4n) is 3.06. The van der Waals surface area contributed by atoms with Gasteiger partial charge < -0.3 is 4.90 Å². The van der Waals surface area contributed by atoms with Crippen molar-refractivity contribution in [1.82, 2.24) is 9.80 Å². The number of thiol groups is 1. The summed E-state index contributed by atoms with van der Waals surface area (Å²) in [5.74, 6) is 1.06. The fraction of sp³-hybridized carbons (Fsp3) is 1.00. The number of fused-ring (bicyclic) bond motifs is 1. The largest absolute Gasteiger partial charge is 0.301 e. The van der Waals surface area contributed by atoms with Crippen LogP contribution in [0.25, 0.3) is 0 Å². The molecule has 0 aliphatic carbocycles. The predicted octanol–water partition coefficient (Wildman–Crippen LogP) is 2.26. The van der Waals surface area contributed by atoms with Crippen LogP contribution in [-0.4, -0.2) is 54.3 Å². The smallest absolute Gasteiger partial charge is 0.0224 e. The van der Waals surface area contributed by atoms with Gasteiger partial charge in [-0.1, -0.05) is 12.8 Å². The lowest BCUT2D eigenvalue weighted by atomic mass is 10.1. The van der Waals surface area contributed by atoms with E-state index < -0.39 is 0 Å². The Morgan fingerprint density at radius 3 is 2.75 bits per heavy atom. The molecule has 0 bridgehead atoms. The van der Waals surface area contributed by atoms with Crippen LogP contribution in [0.4, 0.5) is 0 Å². The second-order valence-electron chi connectivity index (χ2n) is 5.27. The zero-order valence-electron chi connectivity index (χ0n) is 10.4. The van der Waals surface area contributed by atoms with Crippen molar-refractivity contribution in [3.8, 4) is 0 Å². The molecule has 0 aromatic heterocycles. The van der Waals surface area contributed by atoms with Crippen molar-refractivity contribution in [3.05, 3.63) is 0 Å². The summed E-state index contributed by atoms with van der Waals surface area (Å²) in [7, 11) is 0. The van der Waals surface area contributed by atoms with Gasteiger partial charge in [0, 0.05) is 25.7 Å². The van der Waals surface area contributed by atoms with E-state index in [-0.39, 0.29) is 0 Å². The highest BCUT2D eigenvalue weighted by molar-refractivity contribution is 7.80. The lowest BCUT2D eigenvalue weighted by molar-refractivity contribution is 0.103. The van der Waals surface area contributed by atoms with Crippen molar-refractivity contribution in [2.75, 3.05) is 38.5 Å². The molecule has 2 rings (SSSR count). The molecule has 0 saturated carbocycles. The molecule has 2 nitrogen and oxygen atoms in total. The number of unbranched alkanes of at least 4 members (excludes halogenated alkanes) is 3. The molecule has 2 aliphatic heterocycles. The molecule has 0 spiro atoms. The van der Waals surface area contributed by atoms with E-state index >= 15 is 0 Å². The van der Waals surface area contributed by atoms with E-state index in [1.54, 1.807) is 0 Å². The third-order valence-electron chi connectivity index (χ3n) is 4.05. The highest BCUT2D eigenvalue weighted by Gasteiger charge is 2.29. The first-order valence-corrected chi connectivity index (χ1v) is 7.60. The lowest BCUT2D eigenvalue weighted by Gasteiger charge is -2.37. The van der Waals surface area contributed by atoms with Crippen LogP contribution in [-0.2, 0) is 0 Å². The van der Waals surface area contributed by atoms with Gasteiger partial charge in [0.25, 0.3) is 0 Å². The Hall–Kier alpha value is 0.270. The first-order chi connectivity index (χ1) is 7.90. The Labute approximate surface area is 106 Å². The van der Waals surface area contributed by atoms with Gasteiger partial charge in [-0.2, -0.15) is 12.6 Å². The fourth-order valence-corrected chi connectivity index (χ4v) is 3.28. The molecule has 3 heteroatoms. The summed E-state index contributed by atoms with van der Waals surface area (Å²) in [5, 5.41) is 0. The van der Waals surface area contributed by atoms with Crippen molar-refractivity contribution in [2.24, 2.45) is 0 Å². The highest BCUT2D eigenvalue weighted by atomic mass is 32.1. The van der Waals surface area contributed by atoms with Crippen LogP contribution in [0.1, 0.15) is 38.5 Å². The van der Waals surface area contributed by atoms with Crippen molar-refractivity contribution in [1.29, 1.82) is 0 Å². The summed E-state index contributed by atoms with van der Waals surface area (Å²) in [6, 6.07) is 0.895. The average molecular weight is 242 g/mol. The number of piperazine rings is 1. The number of hydrogen-bond acceptors (Lipinski definition) is 3.